The van der Waals surface area contributed by atoms with Crippen molar-refractivity contribution in [2.45, 2.75) is 13.8 Å². The van der Waals surface area contributed by atoms with E-state index in [-0.39, 0.29) is 12.5 Å². The highest BCUT2D eigenvalue weighted by Crippen LogP contribution is 2.24. The van der Waals surface area contributed by atoms with Crippen molar-refractivity contribution in [2.75, 3.05) is 13.2 Å². The monoisotopic (exact) mass is 243 g/mol. The fraction of sp³-hybridized carbons (Fsp3) is 0.364. The van der Waals surface area contributed by atoms with Crippen molar-refractivity contribution in [3.8, 4) is 5.75 Å². The Bertz CT molecular complexity index is 368. The van der Waals surface area contributed by atoms with E-state index in [1.54, 1.807) is 19.1 Å². The Balaban J connectivity index is 2.47. The average molecular weight is 244 g/mol. The van der Waals surface area contributed by atoms with Gasteiger partial charge in [0.25, 0.3) is 5.91 Å². The number of amides is 1. The molecule has 0 saturated carbocycles. The van der Waals surface area contributed by atoms with Crippen LogP contribution in [-0.2, 0) is 9.63 Å². The Morgan fingerprint density at radius 2 is 2.25 bits per heavy atom. The maximum absolute atomic E-state index is 11.2. The fourth-order valence-electron chi connectivity index (χ4n) is 1.05. The zero-order valence-corrected chi connectivity index (χ0v) is 10.0. The molecule has 1 aromatic carbocycles. The molecule has 1 rings (SSSR count). The van der Waals surface area contributed by atoms with Crippen LogP contribution in [0, 0.1) is 6.92 Å². The summed E-state index contributed by atoms with van der Waals surface area (Å²) in [5.74, 6) is 0.146. The van der Waals surface area contributed by atoms with Crippen molar-refractivity contribution in [3.63, 3.8) is 0 Å². The molecule has 5 heteroatoms. The third-order valence-corrected chi connectivity index (χ3v) is 2.09. The standard InChI is InChI=1S/C11H14ClNO3/c1-3-16-13-11(14)7-15-10-6-8(2)4-5-9(10)12/h4-6H,3,7H2,1-2H3,(H,13,14). The highest BCUT2D eigenvalue weighted by atomic mass is 35.5. The molecule has 4 nitrogen and oxygen atoms in total. The van der Waals surface area contributed by atoms with Crippen LogP contribution in [0.4, 0.5) is 0 Å². The Morgan fingerprint density at radius 3 is 2.94 bits per heavy atom. The molecule has 1 N–H and O–H groups in total. The van der Waals surface area contributed by atoms with Gasteiger partial charge in [0.05, 0.1) is 11.6 Å². The van der Waals surface area contributed by atoms with Crippen molar-refractivity contribution >= 4 is 17.5 Å². The Morgan fingerprint density at radius 1 is 1.50 bits per heavy atom. The van der Waals surface area contributed by atoms with Crippen LogP contribution in [0.15, 0.2) is 18.2 Å². The van der Waals surface area contributed by atoms with Crippen molar-refractivity contribution < 1.29 is 14.4 Å². The summed E-state index contributed by atoms with van der Waals surface area (Å²) < 4.78 is 5.25. The number of benzene rings is 1. The van der Waals surface area contributed by atoms with Crippen LogP contribution in [0.25, 0.3) is 0 Å². The summed E-state index contributed by atoms with van der Waals surface area (Å²) in [6.45, 7) is 3.99. The van der Waals surface area contributed by atoms with Crippen LogP contribution in [0.1, 0.15) is 12.5 Å². The third kappa shape index (κ3) is 4.08. The lowest BCUT2D eigenvalue weighted by atomic mass is 10.2. The van der Waals surface area contributed by atoms with Crippen LogP contribution < -0.4 is 10.2 Å². The summed E-state index contributed by atoms with van der Waals surface area (Å²) >= 11 is 5.90. The number of hydrogen-bond acceptors (Lipinski definition) is 3. The van der Waals surface area contributed by atoms with Gasteiger partial charge < -0.3 is 4.74 Å². The zero-order valence-electron chi connectivity index (χ0n) is 9.25. The number of carbonyl (C=O) groups excluding carboxylic acids is 1. The predicted octanol–water partition coefficient (Wildman–Crippen LogP) is 2.09. The maximum atomic E-state index is 11.2. The van der Waals surface area contributed by atoms with E-state index in [1.807, 2.05) is 13.0 Å². The smallest absolute Gasteiger partial charge is 0.281 e. The molecule has 16 heavy (non-hydrogen) atoms. The van der Waals surface area contributed by atoms with Gasteiger partial charge in [-0.05, 0) is 31.5 Å². The minimum atomic E-state index is -0.348. The minimum Gasteiger partial charge on any atom is -0.482 e. The van der Waals surface area contributed by atoms with Crippen LogP contribution in [0.3, 0.4) is 0 Å². The van der Waals surface area contributed by atoms with Crippen molar-refractivity contribution in [3.05, 3.63) is 28.8 Å². The van der Waals surface area contributed by atoms with E-state index < -0.39 is 0 Å². The molecule has 1 aromatic rings. The SMILES string of the molecule is CCONC(=O)COc1cc(C)ccc1Cl. The van der Waals surface area contributed by atoms with Gasteiger partial charge in [-0.25, -0.2) is 5.48 Å². The first kappa shape index (κ1) is 12.8. The van der Waals surface area contributed by atoms with Gasteiger partial charge in [0.1, 0.15) is 5.75 Å². The molecule has 0 aliphatic carbocycles. The average Bonchev–Trinajstić information content (AvgIpc) is 2.27. The molecule has 0 bridgehead atoms. The van der Waals surface area contributed by atoms with Crippen LogP contribution in [0.5, 0.6) is 5.75 Å². The number of ether oxygens (including phenoxy) is 1. The molecule has 0 spiro atoms. The van der Waals surface area contributed by atoms with Gasteiger partial charge in [0, 0.05) is 0 Å². The van der Waals surface area contributed by atoms with Crippen LogP contribution >= 0.6 is 11.6 Å². The number of aryl methyl sites for hydroxylation is 1. The molecular formula is C11H14ClNO3. The first-order valence-electron chi connectivity index (χ1n) is 4.93. The second-order valence-corrected chi connectivity index (χ2v) is 3.59. The van der Waals surface area contributed by atoms with Gasteiger partial charge >= 0.3 is 0 Å². The lowest BCUT2D eigenvalue weighted by Gasteiger charge is -2.08. The van der Waals surface area contributed by atoms with Gasteiger partial charge in [-0.3, -0.25) is 9.63 Å². The molecule has 0 unspecified atom stereocenters. The van der Waals surface area contributed by atoms with Gasteiger partial charge in [-0.2, -0.15) is 0 Å². The Kier molecular flexibility index (Phi) is 5.08. The molecule has 0 aliphatic heterocycles. The highest BCUT2D eigenvalue weighted by molar-refractivity contribution is 6.32. The third-order valence-electron chi connectivity index (χ3n) is 1.78. The predicted molar refractivity (Wildman–Crippen MR) is 61.5 cm³/mol. The lowest BCUT2D eigenvalue weighted by Crippen LogP contribution is -2.29. The molecule has 0 saturated heterocycles. The largest absolute Gasteiger partial charge is 0.482 e. The van der Waals surface area contributed by atoms with Crippen molar-refractivity contribution in [1.29, 1.82) is 0 Å². The van der Waals surface area contributed by atoms with E-state index in [0.29, 0.717) is 17.4 Å². The molecule has 0 heterocycles. The summed E-state index contributed by atoms with van der Waals surface area (Å²) in [5.41, 5.74) is 3.25. The van der Waals surface area contributed by atoms with Crippen molar-refractivity contribution in [2.24, 2.45) is 0 Å². The van der Waals surface area contributed by atoms with Crippen molar-refractivity contribution in [1.82, 2.24) is 5.48 Å². The Hall–Kier alpha value is -1.26. The number of hydroxylamine groups is 1. The molecular weight excluding hydrogens is 230 g/mol. The molecule has 0 atom stereocenters. The zero-order chi connectivity index (χ0) is 12.0. The summed E-state index contributed by atoms with van der Waals surface area (Å²) in [4.78, 5) is 15.9. The van der Waals surface area contributed by atoms with E-state index in [4.69, 9.17) is 21.2 Å². The number of hydrogen-bond donors (Lipinski definition) is 1. The summed E-state index contributed by atoms with van der Waals surface area (Å²) in [7, 11) is 0. The quantitative estimate of drug-likeness (QED) is 0.806. The van der Waals surface area contributed by atoms with Crippen LogP contribution in [0.2, 0.25) is 5.02 Å². The number of carbonyl (C=O) groups is 1. The highest BCUT2D eigenvalue weighted by Gasteiger charge is 2.05. The minimum absolute atomic E-state index is 0.122. The Labute approximate surface area is 99.5 Å². The molecule has 88 valence electrons. The lowest BCUT2D eigenvalue weighted by molar-refractivity contribution is -0.135. The maximum Gasteiger partial charge on any atom is 0.281 e. The first-order chi connectivity index (χ1) is 7.63. The van der Waals surface area contributed by atoms with Gasteiger partial charge in [-0.1, -0.05) is 17.7 Å². The second-order valence-electron chi connectivity index (χ2n) is 3.18. The van der Waals surface area contributed by atoms with Crippen LogP contribution in [-0.4, -0.2) is 19.1 Å². The molecule has 0 fully saturated rings. The van der Waals surface area contributed by atoms with E-state index in [2.05, 4.69) is 5.48 Å². The molecule has 1 amide bonds. The number of nitrogens with one attached hydrogen (secondary N) is 1. The van der Waals surface area contributed by atoms with E-state index in [0.717, 1.165) is 5.56 Å². The summed E-state index contributed by atoms with van der Waals surface area (Å²) in [6, 6.07) is 5.37. The normalized spacial score (nSPS) is 9.94. The summed E-state index contributed by atoms with van der Waals surface area (Å²) in [6.07, 6.45) is 0. The van der Waals surface area contributed by atoms with E-state index in [1.165, 1.54) is 0 Å². The first-order valence-corrected chi connectivity index (χ1v) is 5.31. The van der Waals surface area contributed by atoms with E-state index in [9.17, 15) is 4.79 Å². The summed E-state index contributed by atoms with van der Waals surface area (Å²) in [5, 5.41) is 0.481. The molecule has 0 aromatic heterocycles. The fourth-order valence-corrected chi connectivity index (χ4v) is 1.22. The number of halogens is 1. The van der Waals surface area contributed by atoms with Gasteiger partial charge in [-0.15, -0.1) is 0 Å². The topological polar surface area (TPSA) is 47.6 Å². The van der Waals surface area contributed by atoms with Gasteiger partial charge in [0.15, 0.2) is 6.61 Å². The molecule has 0 aliphatic rings. The van der Waals surface area contributed by atoms with E-state index >= 15 is 0 Å². The number of rotatable bonds is 5. The van der Waals surface area contributed by atoms with Gasteiger partial charge in [0.2, 0.25) is 0 Å². The second kappa shape index (κ2) is 6.35. The molecule has 0 radical (unpaired) electrons.